The van der Waals surface area contributed by atoms with Gasteiger partial charge in [0.2, 0.25) is 5.79 Å². The van der Waals surface area contributed by atoms with E-state index in [9.17, 15) is 39.3 Å². The van der Waals surface area contributed by atoms with E-state index in [1.54, 1.807) is 19.9 Å². The van der Waals surface area contributed by atoms with Crippen LogP contribution < -0.4 is 0 Å². The Balaban J connectivity index is 4.85. The molecule has 0 heterocycles. The van der Waals surface area contributed by atoms with E-state index >= 15 is 0 Å². The Hall–Kier alpha value is -3.05. The molecule has 0 aromatic heterocycles. The van der Waals surface area contributed by atoms with Gasteiger partial charge < -0.3 is 24.8 Å². The lowest BCUT2D eigenvalue weighted by Gasteiger charge is -2.26. The fourth-order valence-electron chi connectivity index (χ4n) is 5.61. The Kier molecular flexibility index (Phi) is 23.5. The number of carbonyl (C=O) groups excluding carboxylic acids is 5. The van der Waals surface area contributed by atoms with Gasteiger partial charge in [0.15, 0.2) is 12.1 Å². The molecular weight excluding hydrogens is 640 g/mol. The third-order valence-corrected chi connectivity index (χ3v) is 9.16. The summed E-state index contributed by atoms with van der Waals surface area (Å²) in [4.78, 5) is 59.3. The smallest absolute Gasteiger partial charge is 0.302 e. The first-order chi connectivity index (χ1) is 23.4. The molecule has 10 heteroatoms. The number of hydrogen-bond acceptors (Lipinski definition) is 10. The Morgan fingerprint density at radius 2 is 1.56 bits per heavy atom. The van der Waals surface area contributed by atoms with E-state index in [-0.39, 0.29) is 48.4 Å². The van der Waals surface area contributed by atoms with Gasteiger partial charge in [-0.2, -0.15) is 0 Å². The summed E-state index contributed by atoms with van der Waals surface area (Å²) in [5.41, 5.74) is 1.72. The van der Waals surface area contributed by atoms with E-state index < -0.39 is 41.8 Å². The minimum Gasteiger partial charge on any atom is -0.462 e. The Morgan fingerprint density at radius 1 is 0.920 bits per heavy atom. The van der Waals surface area contributed by atoms with Gasteiger partial charge in [0.25, 0.3) is 5.78 Å². The lowest BCUT2D eigenvalue weighted by molar-refractivity contribution is -0.184. The molecule has 2 unspecified atom stereocenters. The number of aliphatic hydroxyl groups is 3. The summed E-state index contributed by atoms with van der Waals surface area (Å²) in [5, 5.41) is 30.1. The number of esters is 1. The van der Waals surface area contributed by atoms with Crippen molar-refractivity contribution in [2.75, 3.05) is 7.11 Å². The predicted molar refractivity (Wildman–Crippen MR) is 195 cm³/mol. The normalized spacial score (nSPS) is 17.2. The van der Waals surface area contributed by atoms with Crippen molar-refractivity contribution in [1.82, 2.24) is 0 Å². The number of Topliss-reactive ketones (excluding diaryl/α,β-unsaturated/α-hetero) is 3. The molecule has 0 rings (SSSR count). The van der Waals surface area contributed by atoms with E-state index in [2.05, 4.69) is 13.0 Å². The first-order valence-corrected chi connectivity index (χ1v) is 18.0. The molecule has 0 fully saturated rings. The molecule has 0 aliphatic heterocycles. The van der Waals surface area contributed by atoms with Crippen LogP contribution in [0.2, 0.25) is 0 Å². The maximum Gasteiger partial charge on any atom is 0.302 e. The van der Waals surface area contributed by atoms with Crippen LogP contribution in [0.15, 0.2) is 47.6 Å². The molecule has 0 amide bonds. The number of hydrogen-bond donors (Lipinski definition) is 3. The first-order valence-electron chi connectivity index (χ1n) is 18.0. The molecule has 284 valence electrons. The fourth-order valence-corrected chi connectivity index (χ4v) is 5.61. The molecule has 0 aromatic rings. The summed E-state index contributed by atoms with van der Waals surface area (Å²) < 4.78 is 10.8. The molecule has 0 radical (unpaired) electrons. The second-order valence-electron chi connectivity index (χ2n) is 13.8. The number of unbranched alkanes of at least 4 members (excludes halogenated alkanes) is 3. The number of rotatable bonds is 27. The van der Waals surface area contributed by atoms with Gasteiger partial charge in [0.1, 0.15) is 24.1 Å². The summed E-state index contributed by atoms with van der Waals surface area (Å²) in [5.74, 6) is -5.30. The molecule has 0 saturated heterocycles. The molecule has 3 N–H and O–H groups in total. The van der Waals surface area contributed by atoms with Crippen LogP contribution in [0.4, 0.5) is 0 Å². The van der Waals surface area contributed by atoms with E-state index in [1.807, 2.05) is 52.0 Å². The van der Waals surface area contributed by atoms with Gasteiger partial charge in [-0.25, -0.2) is 0 Å². The van der Waals surface area contributed by atoms with Gasteiger partial charge >= 0.3 is 5.97 Å². The zero-order chi connectivity index (χ0) is 38.4. The number of aldehydes is 1. The minimum absolute atomic E-state index is 0.0277. The highest BCUT2D eigenvalue weighted by Gasteiger charge is 2.33. The first kappa shape index (κ1) is 47.0. The molecule has 0 spiro atoms. The quantitative estimate of drug-likeness (QED) is 0.0167. The van der Waals surface area contributed by atoms with E-state index in [0.717, 1.165) is 38.5 Å². The topological polar surface area (TPSA) is 164 Å². The summed E-state index contributed by atoms with van der Waals surface area (Å²) in [7, 11) is 1.39. The largest absolute Gasteiger partial charge is 0.462 e. The maximum absolute atomic E-state index is 13.3. The molecule has 0 aliphatic rings. The van der Waals surface area contributed by atoms with Crippen molar-refractivity contribution < 1.29 is 48.8 Å². The second-order valence-corrected chi connectivity index (χ2v) is 13.8. The highest BCUT2D eigenvalue weighted by atomic mass is 16.5. The van der Waals surface area contributed by atoms with Crippen LogP contribution in [-0.2, 0) is 33.4 Å². The van der Waals surface area contributed by atoms with E-state index in [4.69, 9.17) is 9.47 Å². The van der Waals surface area contributed by atoms with Gasteiger partial charge in [-0.1, -0.05) is 95.9 Å². The van der Waals surface area contributed by atoms with Gasteiger partial charge in [0, 0.05) is 38.7 Å². The lowest BCUT2D eigenvalue weighted by Crippen LogP contribution is -2.40. The SMILES string of the molecule is CC[C@@H](C)[C@H](CC(=O)[C@H](C)/C=C(\C)C(O)[C@@H](OC)C(=O)C(C)C[C@H](C)/C=C/C=CC/C=C(\C)CCCCCCC(O)(O)C(=O)C=O)OC(C)=O. The van der Waals surface area contributed by atoms with Crippen LogP contribution in [-0.4, -0.2) is 76.1 Å². The summed E-state index contributed by atoms with van der Waals surface area (Å²) >= 11 is 0. The van der Waals surface area contributed by atoms with Crippen molar-refractivity contribution in [3.05, 3.63) is 47.6 Å². The van der Waals surface area contributed by atoms with E-state index in [1.165, 1.54) is 19.6 Å². The van der Waals surface area contributed by atoms with E-state index in [0.29, 0.717) is 18.4 Å². The molecule has 10 nitrogen and oxygen atoms in total. The van der Waals surface area contributed by atoms with Crippen molar-refractivity contribution in [2.45, 2.75) is 144 Å². The highest BCUT2D eigenvalue weighted by Crippen LogP contribution is 2.23. The van der Waals surface area contributed by atoms with Crippen LogP contribution in [0.5, 0.6) is 0 Å². The van der Waals surface area contributed by atoms with Crippen LogP contribution in [0.1, 0.15) is 120 Å². The average molecular weight is 705 g/mol. The molecule has 0 aromatic carbocycles. The van der Waals surface area contributed by atoms with Gasteiger partial charge in [-0.3, -0.25) is 24.0 Å². The summed E-state index contributed by atoms with van der Waals surface area (Å²) in [6.45, 7) is 14.6. The Bertz CT molecular complexity index is 1190. The maximum atomic E-state index is 13.3. The van der Waals surface area contributed by atoms with Gasteiger partial charge in [-0.15, -0.1) is 0 Å². The summed E-state index contributed by atoms with van der Waals surface area (Å²) in [6, 6.07) is 0. The van der Waals surface area contributed by atoms with Crippen molar-refractivity contribution in [2.24, 2.45) is 23.7 Å². The standard InChI is InChI=1S/C40H64O10/c1-10-29(4)35(50-33(8)42)25-34(43)30(5)24-32(7)38(46)39(49-9)37(45)31(6)23-28(3)21-17-12-11-15-19-27(2)20-16-13-14-18-22-40(47,48)36(44)26-41/h11-12,17,19,21,24,26,28-31,35,38-39,46-48H,10,13-16,18,20,22-23,25H2,1-9H3/b12-11?,21-17+,27-19+,32-24+/t28-,29-,30-,31?,35+,38?,39+/m1/s1. The highest BCUT2D eigenvalue weighted by molar-refractivity contribution is 6.28. The number of methoxy groups -OCH3 is 1. The zero-order valence-electron chi connectivity index (χ0n) is 31.9. The molecule has 0 bridgehead atoms. The van der Waals surface area contributed by atoms with Crippen LogP contribution >= 0.6 is 0 Å². The lowest BCUT2D eigenvalue weighted by atomic mass is 9.87. The predicted octanol–water partition coefficient (Wildman–Crippen LogP) is 6.35. The Morgan fingerprint density at radius 3 is 2.14 bits per heavy atom. The molecular formula is C40H64O10. The summed E-state index contributed by atoms with van der Waals surface area (Å²) in [6.07, 6.45) is 14.9. The minimum atomic E-state index is -2.56. The van der Waals surface area contributed by atoms with Crippen molar-refractivity contribution in [3.8, 4) is 0 Å². The van der Waals surface area contributed by atoms with Crippen molar-refractivity contribution in [3.63, 3.8) is 0 Å². The average Bonchev–Trinajstić information content (AvgIpc) is 3.06. The third-order valence-electron chi connectivity index (χ3n) is 9.16. The fraction of sp³-hybridized carbons (Fsp3) is 0.675. The zero-order valence-corrected chi connectivity index (χ0v) is 31.9. The molecule has 0 saturated carbocycles. The van der Waals surface area contributed by atoms with Crippen LogP contribution in [0.25, 0.3) is 0 Å². The van der Waals surface area contributed by atoms with Crippen molar-refractivity contribution >= 4 is 29.6 Å². The monoisotopic (exact) mass is 704 g/mol. The molecule has 0 aliphatic carbocycles. The van der Waals surface area contributed by atoms with Gasteiger partial charge in [0.05, 0.1) is 0 Å². The van der Waals surface area contributed by atoms with Crippen LogP contribution in [0.3, 0.4) is 0 Å². The number of aliphatic hydroxyl groups excluding tert-OH is 1. The number of ketones is 3. The number of ether oxygens (including phenoxy) is 2. The van der Waals surface area contributed by atoms with Gasteiger partial charge in [-0.05, 0) is 63.4 Å². The van der Waals surface area contributed by atoms with Crippen molar-refractivity contribution in [1.29, 1.82) is 0 Å². The molecule has 7 atom stereocenters. The second kappa shape index (κ2) is 25.0. The number of carbonyl (C=O) groups is 5. The van der Waals surface area contributed by atoms with Crippen LogP contribution in [0, 0.1) is 23.7 Å². The molecule has 50 heavy (non-hydrogen) atoms. The Labute approximate surface area is 300 Å². The number of allylic oxidation sites excluding steroid dienone is 7. The third kappa shape index (κ3) is 18.8.